The summed E-state index contributed by atoms with van der Waals surface area (Å²) in [5.74, 6) is 0.224. The number of carbonyl (C=O) groups is 2. The Kier molecular flexibility index (Phi) is 6.64. The van der Waals surface area contributed by atoms with Gasteiger partial charge in [0.15, 0.2) is 6.61 Å². The molecule has 2 amide bonds. The molecule has 37 heavy (non-hydrogen) atoms. The van der Waals surface area contributed by atoms with Gasteiger partial charge < -0.3 is 15.4 Å². The number of para-hydroxylation sites is 1. The first-order valence-electron chi connectivity index (χ1n) is 12.2. The minimum Gasteiger partial charge on any atom is -0.484 e. The number of benzene rings is 4. The summed E-state index contributed by atoms with van der Waals surface area (Å²) in [6.45, 7) is 5.93. The zero-order valence-electron chi connectivity index (χ0n) is 21.1. The van der Waals surface area contributed by atoms with E-state index < -0.39 is 6.17 Å². The number of anilines is 3. The molecule has 1 atom stereocenters. The summed E-state index contributed by atoms with van der Waals surface area (Å²) in [6.07, 6.45) is -0.446. The fraction of sp³-hybridized carbons (Fsp3) is 0.161. The van der Waals surface area contributed by atoms with Crippen LogP contribution in [-0.2, 0) is 4.79 Å². The number of nitrogens with one attached hydrogen (secondary N) is 2. The summed E-state index contributed by atoms with van der Waals surface area (Å²) < 4.78 is 5.84. The van der Waals surface area contributed by atoms with E-state index in [2.05, 4.69) is 10.6 Å². The van der Waals surface area contributed by atoms with Gasteiger partial charge in [-0.15, -0.1) is 0 Å². The van der Waals surface area contributed by atoms with Crippen LogP contribution in [0.2, 0.25) is 0 Å². The molecule has 5 rings (SSSR count). The van der Waals surface area contributed by atoms with Crippen LogP contribution >= 0.6 is 0 Å². The zero-order valence-corrected chi connectivity index (χ0v) is 21.1. The lowest BCUT2D eigenvalue weighted by molar-refractivity contribution is -0.118. The molecule has 1 aliphatic rings. The fourth-order valence-corrected chi connectivity index (χ4v) is 4.40. The normalized spacial score (nSPS) is 14.5. The van der Waals surface area contributed by atoms with E-state index >= 15 is 0 Å². The second-order valence-electron chi connectivity index (χ2n) is 9.31. The highest BCUT2D eigenvalue weighted by molar-refractivity contribution is 6.12. The zero-order chi connectivity index (χ0) is 25.9. The number of nitrogens with zero attached hydrogens (tertiary/aromatic N) is 1. The Morgan fingerprint density at radius 2 is 1.68 bits per heavy atom. The van der Waals surface area contributed by atoms with Gasteiger partial charge in [-0.1, -0.05) is 48.0 Å². The molecule has 4 aromatic rings. The van der Waals surface area contributed by atoms with Gasteiger partial charge in [0.1, 0.15) is 11.9 Å². The standard InChI is InChI=1S/C31H29N3O3/c1-20-11-15-25(16-12-20)34-30(33-28-10-5-4-9-27(28)31(34)36)23-7-6-8-26(18-23)37-19-29(35)32-24-14-13-21(2)22(3)17-24/h4-18,30,33H,19H2,1-3H3,(H,32,35). The second kappa shape index (κ2) is 10.2. The Labute approximate surface area is 216 Å². The number of fused-ring (bicyclic) bond motifs is 1. The number of aryl methyl sites for hydroxylation is 3. The molecule has 1 aliphatic heterocycles. The number of ether oxygens (including phenoxy) is 1. The molecule has 6 nitrogen and oxygen atoms in total. The topological polar surface area (TPSA) is 70.7 Å². The summed E-state index contributed by atoms with van der Waals surface area (Å²) in [7, 11) is 0. The van der Waals surface area contributed by atoms with Gasteiger partial charge >= 0.3 is 0 Å². The third-order valence-corrected chi connectivity index (χ3v) is 6.57. The molecule has 0 fully saturated rings. The summed E-state index contributed by atoms with van der Waals surface area (Å²) in [4.78, 5) is 27.9. The van der Waals surface area contributed by atoms with Crippen molar-refractivity contribution in [3.63, 3.8) is 0 Å². The van der Waals surface area contributed by atoms with E-state index in [-0.39, 0.29) is 18.4 Å². The van der Waals surface area contributed by atoms with Crippen LogP contribution in [0.15, 0.2) is 91.0 Å². The van der Waals surface area contributed by atoms with Crippen molar-refractivity contribution in [2.75, 3.05) is 22.1 Å². The van der Waals surface area contributed by atoms with Crippen molar-refractivity contribution in [2.45, 2.75) is 26.9 Å². The Balaban J connectivity index is 1.37. The summed E-state index contributed by atoms with van der Waals surface area (Å²) in [5.41, 5.74) is 7.17. The molecule has 186 valence electrons. The van der Waals surface area contributed by atoms with Crippen LogP contribution in [-0.4, -0.2) is 18.4 Å². The Morgan fingerprint density at radius 1 is 0.892 bits per heavy atom. The quantitative estimate of drug-likeness (QED) is 0.327. The van der Waals surface area contributed by atoms with Crippen LogP contribution in [0.5, 0.6) is 5.75 Å². The Hall–Kier alpha value is -4.58. The maximum atomic E-state index is 13.6. The van der Waals surface area contributed by atoms with Crippen molar-refractivity contribution in [1.29, 1.82) is 0 Å². The first-order valence-corrected chi connectivity index (χ1v) is 12.2. The van der Waals surface area contributed by atoms with Crippen LogP contribution in [0, 0.1) is 20.8 Å². The highest BCUT2D eigenvalue weighted by atomic mass is 16.5. The first kappa shape index (κ1) is 24.1. The Morgan fingerprint density at radius 3 is 2.46 bits per heavy atom. The van der Waals surface area contributed by atoms with Crippen LogP contribution < -0.4 is 20.3 Å². The van der Waals surface area contributed by atoms with Crippen molar-refractivity contribution < 1.29 is 14.3 Å². The molecule has 1 unspecified atom stereocenters. The summed E-state index contributed by atoms with van der Waals surface area (Å²) in [5, 5.41) is 6.39. The van der Waals surface area contributed by atoms with Crippen molar-refractivity contribution in [3.05, 3.63) is 119 Å². The minimum atomic E-state index is -0.446. The van der Waals surface area contributed by atoms with Gasteiger partial charge in [0, 0.05) is 17.1 Å². The maximum Gasteiger partial charge on any atom is 0.262 e. The van der Waals surface area contributed by atoms with Gasteiger partial charge in [-0.05, 0) is 86.0 Å². The van der Waals surface area contributed by atoms with E-state index in [1.165, 1.54) is 5.56 Å². The number of rotatable bonds is 6. The molecule has 0 bridgehead atoms. The fourth-order valence-electron chi connectivity index (χ4n) is 4.40. The largest absolute Gasteiger partial charge is 0.484 e. The molecule has 2 N–H and O–H groups in total. The highest BCUT2D eigenvalue weighted by Crippen LogP contribution is 2.37. The minimum absolute atomic E-state index is 0.0812. The van der Waals surface area contributed by atoms with E-state index in [9.17, 15) is 9.59 Å². The molecule has 4 aromatic carbocycles. The summed E-state index contributed by atoms with van der Waals surface area (Å²) >= 11 is 0. The first-order chi connectivity index (χ1) is 17.9. The lowest BCUT2D eigenvalue weighted by atomic mass is 10.0. The predicted molar refractivity (Wildman–Crippen MR) is 147 cm³/mol. The lowest BCUT2D eigenvalue weighted by Crippen LogP contribution is -2.43. The molecule has 0 aliphatic carbocycles. The molecule has 0 aromatic heterocycles. The van der Waals surface area contributed by atoms with E-state index in [4.69, 9.17) is 4.74 Å². The van der Waals surface area contributed by atoms with Gasteiger partial charge in [0.2, 0.25) is 0 Å². The molecule has 0 radical (unpaired) electrons. The molecular weight excluding hydrogens is 462 g/mol. The molecule has 0 spiro atoms. The van der Waals surface area contributed by atoms with Crippen LogP contribution in [0.1, 0.15) is 38.8 Å². The lowest BCUT2D eigenvalue weighted by Gasteiger charge is -2.38. The van der Waals surface area contributed by atoms with Gasteiger partial charge in [-0.25, -0.2) is 0 Å². The third-order valence-electron chi connectivity index (χ3n) is 6.57. The van der Waals surface area contributed by atoms with Crippen LogP contribution in [0.3, 0.4) is 0 Å². The highest BCUT2D eigenvalue weighted by Gasteiger charge is 2.34. The van der Waals surface area contributed by atoms with Gasteiger partial charge in [0.25, 0.3) is 11.8 Å². The van der Waals surface area contributed by atoms with Crippen LogP contribution in [0.25, 0.3) is 0 Å². The number of carbonyl (C=O) groups excluding carboxylic acids is 2. The molecule has 0 saturated heterocycles. The molecule has 0 saturated carbocycles. The number of hydrogen-bond acceptors (Lipinski definition) is 4. The number of hydrogen-bond donors (Lipinski definition) is 2. The van der Waals surface area contributed by atoms with Gasteiger partial charge in [-0.2, -0.15) is 0 Å². The maximum absolute atomic E-state index is 13.6. The number of amides is 2. The second-order valence-corrected chi connectivity index (χ2v) is 9.31. The monoisotopic (exact) mass is 491 g/mol. The molecular formula is C31H29N3O3. The van der Waals surface area contributed by atoms with E-state index in [0.717, 1.165) is 33.8 Å². The van der Waals surface area contributed by atoms with Crippen molar-refractivity contribution in [3.8, 4) is 5.75 Å². The van der Waals surface area contributed by atoms with E-state index in [1.807, 2.05) is 112 Å². The van der Waals surface area contributed by atoms with Crippen molar-refractivity contribution >= 4 is 28.9 Å². The third kappa shape index (κ3) is 5.19. The summed E-state index contributed by atoms with van der Waals surface area (Å²) in [6, 6.07) is 28.7. The molecule has 6 heteroatoms. The molecule has 1 heterocycles. The van der Waals surface area contributed by atoms with Crippen molar-refractivity contribution in [1.82, 2.24) is 0 Å². The van der Waals surface area contributed by atoms with Gasteiger partial charge in [0.05, 0.1) is 5.56 Å². The SMILES string of the molecule is Cc1ccc(N2C(=O)c3ccccc3NC2c2cccc(OCC(=O)Nc3ccc(C)c(C)c3)c2)cc1. The average molecular weight is 492 g/mol. The van der Waals surface area contributed by atoms with Crippen molar-refractivity contribution in [2.24, 2.45) is 0 Å². The van der Waals surface area contributed by atoms with Gasteiger partial charge in [-0.3, -0.25) is 14.5 Å². The predicted octanol–water partition coefficient (Wildman–Crippen LogP) is 6.40. The average Bonchev–Trinajstić information content (AvgIpc) is 2.90. The Bertz CT molecular complexity index is 1460. The van der Waals surface area contributed by atoms with E-state index in [1.54, 1.807) is 4.90 Å². The van der Waals surface area contributed by atoms with Crippen LogP contribution in [0.4, 0.5) is 17.1 Å². The smallest absolute Gasteiger partial charge is 0.262 e. The van der Waals surface area contributed by atoms with E-state index in [0.29, 0.717) is 11.3 Å².